The minimum Gasteiger partial charge on any atom is -0.354 e. The monoisotopic (exact) mass is 317 g/mol. The second-order valence-electron chi connectivity index (χ2n) is 4.24. The van der Waals surface area contributed by atoms with Crippen molar-refractivity contribution in [3.63, 3.8) is 0 Å². The average Bonchev–Trinajstić information content (AvgIpc) is 2.40. The molecule has 0 saturated heterocycles. The van der Waals surface area contributed by atoms with Crippen molar-refractivity contribution in [2.45, 2.75) is 26.3 Å². The van der Waals surface area contributed by atoms with E-state index in [2.05, 4.69) is 16.0 Å². The Morgan fingerprint density at radius 1 is 1.25 bits per heavy atom. The number of amides is 3. The molecule has 1 aromatic carbocycles. The Hall–Kier alpha value is -1.46. The number of nitrogens with one attached hydrogen (secondary N) is 3. The first-order valence-electron chi connectivity index (χ1n) is 6.24. The molecule has 3 amide bonds. The molecule has 7 heteroatoms. The van der Waals surface area contributed by atoms with E-state index in [4.69, 9.17) is 23.2 Å². The van der Waals surface area contributed by atoms with Crippen LogP contribution in [0.25, 0.3) is 0 Å². The van der Waals surface area contributed by atoms with Crippen molar-refractivity contribution in [1.82, 2.24) is 10.6 Å². The molecule has 0 unspecified atom stereocenters. The van der Waals surface area contributed by atoms with Gasteiger partial charge < -0.3 is 16.0 Å². The van der Waals surface area contributed by atoms with Gasteiger partial charge in [0.1, 0.15) is 6.04 Å². The van der Waals surface area contributed by atoms with Crippen LogP contribution in [-0.4, -0.2) is 24.5 Å². The predicted octanol–water partition coefficient (Wildman–Crippen LogP) is 3.03. The van der Waals surface area contributed by atoms with Crippen LogP contribution in [0.2, 0.25) is 10.0 Å². The lowest BCUT2D eigenvalue weighted by Gasteiger charge is -2.14. The summed E-state index contributed by atoms with van der Waals surface area (Å²) in [5.74, 6) is -0.226. The van der Waals surface area contributed by atoms with Crippen molar-refractivity contribution in [3.8, 4) is 0 Å². The number of anilines is 1. The van der Waals surface area contributed by atoms with Gasteiger partial charge in [0.15, 0.2) is 0 Å². The molecular weight excluding hydrogens is 301 g/mol. The van der Waals surface area contributed by atoms with Crippen LogP contribution < -0.4 is 16.0 Å². The number of benzene rings is 1. The summed E-state index contributed by atoms with van der Waals surface area (Å²) in [6.07, 6.45) is 0.841. The van der Waals surface area contributed by atoms with Crippen molar-refractivity contribution in [1.29, 1.82) is 0 Å². The van der Waals surface area contributed by atoms with Crippen LogP contribution in [0.1, 0.15) is 20.3 Å². The predicted molar refractivity (Wildman–Crippen MR) is 81.4 cm³/mol. The molecular formula is C13H17Cl2N3O2. The lowest BCUT2D eigenvalue weighted by molar-refractivity contribution is -0.122. The zero-order chi connectivity index (χ0) is 15.1. The first-order chi connectivity index (χ1) is 9.43. The molecule has 0 bridgehead atoms. The molecule has 0 radical (unpaired) electrons. The van der Waals surface area contributed by atoms with Gasteiger partial charge in [-0.25, -0.2) is 4.79 Å². The summed E-state index contributed by atoms with van der Waals surface area (Å²) in [5.41, 5.74) is 0.498. The number of halogens is 2. The van der Waals surface area contributed by atoms with Gasteiger partial charge in [-0.3, -0.25) is 4.79 Å². The summed E-state index contributed by atoms with van der Waals surface area (Å²) in [4.78, 5) is 23.3. The van der Waals surface area contributed by atoms with Crippen molar-refractivity contribution in [3.05, 3.63) is 28.2 Å². The average molecular weight is 318 g/mol. The largest absolute Gasteiger partial charge is 0.354 e. The summed E-state index contributed by atoms with van der Waals surface area (Å²) < 4.78 is 0. The highest BCUT2D eigenvalue weighted by atomic mass is 35.5. The molecule has 0 heterocycles. The Bertz CT molecular complexity index is 495. The molecule has 20 heavy (non-hydrogen) atoms. The van der Waals surface area contributed by atoms with Gasteiger partial charge in [-0.2, -0.15) is 0 Å². The van der Waals surface area contributed by atoms with Crippen molar-refractivity contribution >= 4 is 40.8 Å². The molecule has 0 spiro atoms. The quantitative estimate of drug-likeness (QED) is 0.781. The van der Waals surface area contributed by atoms with Crippen molar-refractivity contribution in [2.24, 2.45) is 0 Å². The van der Waals surface area contributed by atoms with Crippen LogP contribution in [0.3, 0.4) is 0 Å². The molecule has 1 aromatic rings. The van der Waals surface area contributed by atoms with Gasteiger partial charge in [0.2, 0.25) is 5.91 Å². The lowest BCUT2D eigenvalue weighted by Crippen LogP contribution is -2.46. The molecule has 1 atom stereocenters. The summed E-state index contributed by atoms with van der Waals surface area (Å²) >= 11 is 11.6. The maximum absolute atomic E-state index is 11.7. The standard InChI is InChI=1S/C13H17Cl2N3O2/c1-3-6-16-12(19)8(2)17-13(20)18-9-4-5-10(14)11(15)7-9/h4-5,7-8H,3,6H2,1-2H3,(H,16,19)(H2,17,18,20)/t8-/m1/s1. The van der Waals surface area contributed by atoms with Crippen LogP contribution in [0.15, 0.2) is 18.2 Å². The first kappa shape index (κ1) is 16.6. The molecule has 0 saturated carbocycles. The second kappa shape index (κ2) is 7.97. The molecule has 0 aliphatic rings. The fourth-order valence-corrected chi connectivity index (χ4v) is 1.70. The van der Waals surface area contributed by atoms with Crippen LogP contribution in [0, 0.1) is 0 Å². The molecule has 1 rings (SSSR count). The van der Waals surface area contributed by atoms with E-state index in [1.807, 2.05) is 6.92 Å². The highest BCUT2D eigenvalue weighted by Gasteiger charge is 2.14. The van der Waals surface area contributed by atoms with Crippen LogP contribution in [-0.2, 0) is 4.79 Å². The number of carbonyl (C=O) groups is 2. The summed E-state index contributed by atoms with van der Waals surface area (Å²) in [5, 5.41) is 8.56. The van der Waals surface area contributed by atoms with E-state index in [-0.39, 0.29) is 5.91 Å². The topological polar surface area (TPSA) is 70.2 Å². The number of carbonyl (C=O) groups excluding carboxylic acids is 2. The van der Waals surface area contributed by atoms with Gasteiger partial charge in [-0.15, -0.1) is 0 Å². The van der Waals surface area contributed by atoms with Crippen LogP contribution >= 0.6 is 23.2 Å². The number of hydrogen-bond donors (Lipinski definition) is 3. The SMILES string of the molecule is CCCNC(=O)[C@@H](C)NC(=O)Nc1ccc(Cl)c(Cl)c1. The Labute approximate surface area is 128 Å². The zero-order valence-corrected chi connectivity index (χ0v) is 12.8. The fourth-order valence-electron chi connectivity index (χ4n) is 1.40. The maximum Gasteiger partial charge on any atom is 0.319 e. The van der Waals surface area contributed by atoms with E-state index in [9.17, 15) is 9.59 Å². The van der Waals surface area contributed by atoms with Gasteiger partial charge in [-0.1, -0.05) is 30.1 Å². The Morgan fingerprint density at radius 3 is 2.55 bits per heavy atom. The number of rotatable bonds is 5. The smallest absolute Gasteiger partial charge is 0.319 e. The minimum absolute atomic E-state index is 0.226. The van der Waals surface area contributed by atoms with Crippen LogP contribution in [0.5, 0.6) is 0 Å². The second-order valence-corrected chi connectivity index (χ2v) is 5.05. The Balaban J connectivity index is 2.50. The van der Waals surface area contributed by atoms with Gasteiger partial charge in [-0.05, 0) is 31.5 Å². The van der Waals surface area contributed by atoms with Gasteiger partial charge in [0.05, 0.1) is 10.0 Å². The highest BCUT2D eigenvalue weighted by molar-refractivity contribution is 6.42. The summed E-state index contributed by atoms with van der Waals surface area (Å²) in [6, 6.07) is 3.63. The minimum atomic E-state index is -0.621. The van der Waals surface area contributed by atoms with Gasteiger partial charge in [0, 0.05) is 12.2 Å². The third-order valence-corrected chi connectivity index (χ3v) is 3.21. The Morgan fingerprint density at radius 2 is 1.95 bits per heavy atom. The molecule has 5 nitrogen and oxygen atoms in total. The van der Waals surface area contributed by atoms with E-state index >= 15 is 0 Å². The summed E-state index contributed by atoms with van der Waals surface area (Å²) in [6.45, 7) is 4.15. The van der Waals surface area contributed by atoms with E-state index < -0.39 is 12.1 Å². The van der Waals surface area contributed by atoms with E-state index in [0.717, 1.165) is 6.42 Å². The fraction of sp³-hybridized carbons (Fsp3) is 0.385. The van der Waals surface area contributed by atoms with E-state index in [1.165, 1.54) is 6.07 Å². The number of urea groups is 1. The normalized spacial score (nSPS) is 11.6. The van der Waals surface area contributed by atoms with Crippen molar-refractivity contribution in [2.75, 3.05) is 11.9 Å². The zero-order valence-electron chi connectivity index (χ0n) is 11.3. The number of hydrogen-bond acceptors (Lipinski definition) is 2. The highest BCUT2D eigenvalue weighted by Crippen LogP contribution is 2.24. The van der Waals surface area contributed by atoms with Gasteiger partial charge in [0.25, 0.3) is 0 Å². The lowest BCUT2D eigenvalue weighted by atomic mass is 10.3. The molecule has 3 N–H and O–H groups in total. The van der Waals surface area contributed by atoms with Gasteiger partial charge >= 0.3 is 6.03 Å². The third kappa shape index (κ3) is 5.27. The maximum atomic E-state index is 11.7. The third-order valence-electron chi connectivity index (χ3n) is 2.47. The van der Waals surface area contributed by atoms with E-state index in [1.54, 1.807) is 19.1 Å². The van der Waals surface area contributed by atoms with Crippen molar-refractivity contribution < 1.29 is 9.59 Å². The molecule has 0 aliphatic carbocycles. The molecule has 0 aromatic heterocycles. The first-order valence-corrected chi connectivity index (χ1v) is 7.00. The summed E-state index contributed by atoms with van der Waals surface area (Å²) in [7, 11) is 0. The van der Waals surface area contributed by atoms with Crippen LogP contribution in [0.4, 0.5) is 10.5 Å². The molecule has 110 valence electrons. The van der Waals surface area contributed by atoms with E-state index in [0.29, 0.717) is 22.3 Å². The Kier molecular flexibility index (Phi) is 6.61. The molecule has 0 fully saturated rings. The molecule has 0 aliphatic heterocycles.